The molecule has 2 heterocycles. The van der Waals surface area contributed by atoms with Gasteiger partial charge in [0.05, 0.1) is 22.2 Å². The predicted molar refractivity (Wildman–Crippen MR) is 117 cm³/mol. The van der Waals surface area contributed by atoms with Gasteiger partial charge in [-0.05, 0) is 35.5 Å². The molecule has 2 aromatic heterocycles. The zero-order valence-corrected chi connectivity index (χ0v) is 18.0. The van der Waals surface area contributed by atoms with Crippen LogP contribution in [0.25, 0.3) is 21.7 Å². The molecule has 0 fully saturated rings. The fourth-order valence-corrected chi connectivity index (χ4v) is 6.70. The van der Waals surface area contributed by atoms with E-state index in [2.05, 4.69) is 12.1 Å². The maximum Gasteiger partial charge on any atom is 0.182 e. The number of benzene rings is 1. The molecule has 1 aromatic carbocycles. The van der Waals surface area contributed by atoms with E-state index in [1.165, 1.54) is 11.8 Å². The molecule has 0 saturated carbocycles. The van der Waals surface area contributed by atoms with E-state index < -0.39 is 9.04 Å². The van der Waals surface area contributed by atoms with Crippen molar-refractivity contribution in [2.75, 3.05) is 5.38 Å². The number of unbranched alkanes of at least 4 members (excludes halogenated alkanes) is 1. The van der Waals surface area contributed by atoms with E-state index >= 15 is 0 Å². The molecule has 0 radical (unpaired) electrons. The van der Waals surface area contributed by atoms with Gasteiger partial charge in [-0.3, -0.25) is 0 Å². The molecule has 1 N–H and O–H groups in total. The average molecular weight is 422 g/mol. The Labute approximate surface area is 174 Å². The van der Waals surface area contributed by atoms with Gasteiger partial charge in [0.2, 0.25) is 0 Å². The summed E-state index contributed by atoms with van der Waals surface area (Å²) in [5.41, 5.74) is 3.24. The minimum absolute atomic E-state index is 0.475. The summed E-state index contributed by atoms with van der Waals surface area (Å²) < 4.78 is 0. The highest BCUT2D eigenvalue weighted by molar-refractivity contribution is 8.00. The van der Waals surface area contributed by atoms with Crippen LogP contribution in [0.2, 0.25) is 6.04 Å². The van der Waals surface area contributed by atoms with Gasteiger partial charge in [-0.2, -0.15) is 10.5 Å². The number of pyridine rings is 1. The SMILES string of the molecule is N#CCCC[SiH](O)CSc1nc(-c2cccs2)cc(-c2ccccc2)c1C#N. The molecule has 0 spiro atoms. The molecule has 140 valence electrons. The number of thioether (sulfide) groups is 1. The number of hydrogen-bond donors (Lipinski definition) is 1. The monoisotopic (exact) mass is 421 g/mol. The zero-order chi connectivity index (χ0) is 19.8. The van der Waals surface area contributed by atoms with Crippen LogP contribution in [0.1, 0.15) is 18.4 Å². The fourth-order valence-electron chi connectivity index (χ4n) is 2.81. The molecule has 0 bridgehead atoms. The minimum Gasteiger partial charge on any atom is -0.434 e. The molecule has 0 amide bonds. The van der Waals surface area contributed by atoms with Crippen molar-refractivity contribution in [3.05, 3.63) is 59.5 Å². The second-order valence-corrected chi connectivity index (χ2v) is 11.0. The maximum atomic E-state index is 10.3. The van der Waals surface area contributed by atoms with Crippen LogP contribution in [0.3, 0.4) is 0 Å². The van der Waals surface area contributed by atoms with Gasteiger partial charge >= 0.3 is 0 Å². The van der Waals surface area contributed by atoms with Crippen molar-refractivity contribution in [3.8, 4) is 33.8 Å². The molecule has 0 aliphatic carbocycles. The summed E-state index contributed by atoms with van der Waals surface area (Å²) in [5, 5.41) is 21.7. The molecular formula is C21H19N3OS2Si. The van der Waals surface area contributed by atoms with Crippen LogP contribution >= 0.6 is 23.1 Å². The molecule has 1 atom stereocenters. The molecular weight excluding hydrogens is 402 g/mol. The van der Waals surface area contributed by atoms with E-state index in [1.807, 2.05) is 53.9 Å². The molecule has 0 saturated heterocycles. The summed E-state index contributed by atoms with van der Waals surface area (Å²) in [6.45, 7) is 0. The number of nitriles is 2. The van der Waals surface area contributed by atoms with Crippen LogP contribution in [-0.2, 0) is 0 Å². The fraction of sp³-hybridized carbons (Fsp3) is 0.190. The quantitative estimate of drug-likeness (QED) is 0.314. The van der Waals surface area contributed by atoms with E-state index in [-0.39, 0.29) is 0 Å². The van der Waals surface area contributed by atoms with Crippen molar-refractivity contribution in [2.24, 2.45) is 0 Å². The van der Waals surface area contributed by atoms with Crippen LogP contribution in [0, 0.1) is 22.7 Å². The average Bonchev–Trinajstić information content (AvgIpc) is 3.27. The Hall–Kier alpha value is -2.42. The second-order valence-electron chi connectivity index (χ2n) is 6.21. The highest BCUT2D eigenvalue weighted by Gasteiger charge is 2.18. The third-order valence-corrected chi connectivity index (χ3v) is 8.94. The Morgan fingerprint density at radius 2 is 1.96 bits per heavy atom. The molecule has 28 heavy (non-hydrogen) atoms. The van der Waals surface area contributed by atoms with E-state index in [0.717, 1.165) is 28.1 Å². The van der Waals surface area contributed by atoms with Crippen molar-refractivity contribution < 1.29 is 4.80 Å². The van der Waals surface area contributed by atoms with Gasteiger partial charge in [-0.1, -0.05) is 36.4 Å². The van der Waals surface area contributed by atoms with Crippen molar-refractivity contribution >= 4 is 32.1 Å². The van der Waals surface area contributed by atoms with Crippen LogP contribution in [-0.4, -0.2) is 24.2 Å². The highest BCUT2D eigenvalue weighted by Crippen LogP contribution is 2.35. The first-order chi connectivity index (χ1) is 13.7. The topological polar surface area (TPSA) is 80.7 Å². The molecule has 7 heteroatoms. The lowest BCUT2D eigenvalue weighted by Gasteiger charge is -2.13. The second kappa shape index (κ2) is 10.2. The van der Waals surface area contributed by atoms with Gasteiger partial charge in [0.15, 0.2) is 9.04 Å². The molecule has 1 unspecified atom stereocenters. The van der Waals surface area contributed by atoms with E-state index in [1.54, 1.807) is 11.3 Å². The van der Waals surface area contributed by atoms with Crippen molar-refractivity contribution in [2.45, 2.75) is 23.9 Å². The number of nitrogens with zero attached hydrogens (tertiary/aromatic N) is 3. The Kier molecular flexibility index (Phi) is 7.41. The molecule has 0 aliphatic heterocycles. The predicted octanol–water partition coefficient (Wildman–Crippen LogP) is 5.00. The normalized spacial score (nSPS) is 11.5. The van der Waals surface area contributed by atoms with E-state index in [9.17, 15) is 10.1 Å². The summed E-state index contributed by atoms with van der Waals surface area (Å²) in [6, 6.07) is 21.0. The van der Waals surface area contributed by atoms with Crippen LogP contribution in [0.4, 0.5) is 0 Å². The standard InChI is InChI=1S/C21H19N3OS2Si/c22-10-4-5-12-28(25)15-27-21-18(14-23)17(16-7-2-1-3-8-16)13-19(24-21)20-9-6-11-26-20/h1-3,6-9,11,13,25,28H,4-5,12,15H2. The summed E-state index contributed by atoms with van der Waals surface area (Å²) >= 11 is 3.07. The number of rotatable bonds is 8. The third-order valence-electron chi connectivity index (χ3n) is 4.19. The van der Waals surface area contributed by atoms with Crippen molar-refractivity contribution in [1.29, 1.82) is 10.5 Å². The Balaban J connectivity index is 1.95. The van der Waals surface area contributed by atoms with E-state index in [0.29, 0.717) is 28.4 Å². The summed E-state index contributed by atoms with van der Waals surface area (Å²) in [6.07, 6.45) is 1.20. The largest absolute Gasteiger partial charge is 0.434 e. The van der Waals surface area contributed by atoms with Gasteiger partial charge < -0.3 is 4.80 Å². The van der Waals surface area contributed by atoms with E-state index in [4.69, 9.17) is 10.2 Å². The molecule has 3 aromatic rings. The van der Waals surface area contributed by atoms with Crippen LogP contribution in [0.15, 0.2) is 58.9 Å². The zero-order valence-electron chi connectivity index (χ0n) is 15.2. The number of aromatic nitrogens is 1. The van der Waals surface area contributed by atoms with Gasteiger partial charge in [0.1, 0.15) is 11.1 Å². The first-order valence-electron chi connectivity index (χ1n) is 8.95. The first-order valence-corrected chi connectivity index (χ1v) is 13.0. The van der Waals surface area contributed by atoms with Crippen LogP contribution in [0.5, 0.6) is 0 Å². The summed E-state index contributed by atoms with van der Waals surface area (Å²) in [7, 11) is -1.94. The van der Waals surface area contributed by atoms with Crippen LogP contribution < -0.4 is 0 Å². The lowest BCUT2D eigenvalue weighted by molar-refractivity contribution is 0.571. The van der Waals surface area contributed by atoms with Gasteiger partial charge in [-0.15, -0.1) is 23.1 Å². The lowest BCUT2D eigenvalue weighted by Crippen LogP contribution is -2.15. The Morgan fingerprint density at radius 1 is 1.14 bits per heavy atom. The lowest BCUT2D eigenvalue weighted by atomic mass is 10.0. The smallest absolute Gasteiger partial charge is 0.182 e. The van der Waals surface area contributed by atoms with Gasteiger partial charge in [-0.25, -0.2) is 4.98 Å². The number of hydrogen-bond acceptors (Lipinski definition) is 6. The van der Waals surface area contributed by atoms with Crippen molar-refractivity contribution in [1.82, 2.24) is 4.98 Å². The Bertz CT molecular complexity index is 995. The summed E-state index contributed by atoms with van der Waals surface area (Å²) in [5.74, 6) is 0. The molecule has 4 nitrogen and oxygen atoms in total. The summed E-state index contributed by atoms with van der Waals surface area (Å²) in [4.78, 5) is 16.1. The highest BCUT2D eigenvalue weighted by atomic mass is 32.2. The number of thiophene rings is 1. The molecule has 3 rings (SSSR count). The van der Waals surface area contributed by atoms with Gasteiger partial charge in [0, 0.05) is 17.4 Å². The molecule has 0 aliphatic rings. The third kappa shape index (κ3) is 5.09. The maximum absolute atomic E-state index is 10.3. The van der Waals surface area contributed by atoms with Gasteiger partial charge in [0.25, 0.3) is 0 Å². The Morgan fingerprint density at radius 3 is 2.64 bits per heavy atom. The minimum atomic E-state index is -1.94. The van der Waals surface area contributed by atoms with Crippen molar-refractivity contribution in [3.63, 3.8) is 0 Å². The first kappa shape index (κ1) is 20.3.